The van der Waals surface area contributed by atoms with E-state index < -0.39 is 5.41 Å². The summed E-state index contributed by atoms with van der Waals surface area (Å²) in [5.74, 6) is 1.31. The molecule has 2 fully saturated rings. The summed E-state index contributed by atoms with van der Waals surface area (Å²) >= 11 is 0. The van der Waals surface area contributed by atoms with Gasteiger partial charge in [0.05, 0.1) is 18.6 Å². The van der Waals surface area contributed by atoms with E-state index in [-0.39, 0.29) is 17.9 Å². The van der Waals surface area contributed by atoms with E-state index in [2.05, 4.69) is 18.2 Å². The zero-order valence-electron chi connectivity index (χ0n) is 15.0. The Bertz CT molecular complexity index is 605. The molecule has 1 aromatic rings. The number of aliphatic hydroxyl groups is 1. The van der Waals surface area contributed by atoms with Crippen LogP contribution in [0, 0.1) is 12.8 Å². The molecule has 4 nitrogen and oxygen atoms in total. The third-order valence-corrected chi connectivity index (χ3v) is 6.02. The first-order valence-electron chi connectivity index (χ1n) is 9.10. The number of aryl methyl sites for hydroxylation is 1. The lowest BCUT2D eigenvalue weighted by Gasteiger charge is -2.33. The Morgan fingerprint density at radius 1 is 1.38 bits per heavy atom. The molecule has 1 heterocycles. The van der Waals surface area contributed by atoms with Crippen LogP contribution in [0.4, 0.5) is 0 Å². The van der Waals surface area contributed by atoms with Crippen LogP contribution in [0.5, 0.6) is 5.75 Å². The molecule has 1 N–H and O–H groups in total. The maximum Gasteiger partial charge on any atom is 0.233 e. The molecule has 1 saturated heterocycles. The number of hydrogen-bond donors (Lipinski definition) is 1. The maximum absolute atomic E-state index is 13.4. The summed E-state index contributed by atoms with van der Waals surface area (Å²) in [7, 11) is 1.68. The van der Waals surface area contributed by atoms with Gasteiger partial charge in [0.25, 0.3) is 0 Å². The van der Waals surface area contributed by atoms with Gasteiger partial charge >= 0.3 is 0 Å². The number of amides is 1. The van der Waals surface area contributed by atoms with Crippen molar-refractivity contribution in [3.8, 4) is 5.75 Å². The number of carbonyl (C=O) groups excluding carboxylic acids is 1. The number of benzene rings is 1. The van der Waals surface area contributed by atoms with E-state index in [1.165, 1.54) is 0 Å². The molecular formula is C20H29NO3. The first-order chi connectivity index (χ1) is 11.5. The van der Waals surface area contributed by atoms with Crippen molar-refractivity contribution in [2.24, 2.45) is 5.92 Å². The predicted molar refractivity (Wildman–Crippen MR) is 94.2 cm³/mol. The van der Waals surface area contributed by atoms with Crippen molar-refractivity contribution in [2.75, 3.05) is 20.2 Å². The van der Waals surface area contributed by atoms with Gasteiger partial charge in [-0.15, -0.1) is 0 Å². The van der Waals surface area contributed by atoms with Gasteiger partial charge < -0.3 is 14.7 Å². The highest BCUT2D eigenvalue weighted by Crippen LogP contribution is 2.44. The Hall–Kier alpha value is -1.55. The Kier molecular flexibility index (Phi) is 4.86. The third-order valence-electron chi connectivity index (χ3n) is 6.02. The molecule has 0 spiro atoms. The molecule has 2 atom stereocenters. The smallest absolute Gasteiger partial charge is 0.233 e. The highest BCUT2D eigenvalue weighted by atomic mass is 16.5. The fourth-order valence-electron chi connectivity index (χ4n) is 4.39. The summed E-state index contributed by atoms with van der Waals surface area (Å²) in [6.07, 6.45) is 4.56. The Morgan fingerprint density at radius 3 is 2.67 bits per heavy atom. The van der Waals surface area contributed by atoms with Crippen LogP contribution >= 0.6 is 0 Å². The zero-order valence-corrected chi connectivity index (χ0v) is 15.0. The summed E-state index contributed by atoms with van der Waals surface area (Å²) in [6.45, 7) is 5.30. The lowest BCUT2D eigenvalue weighted by molar-refractivity contribution is -0.136. The molecule has 1 aliphatic heterocycles. The lowest BCUT2D eigenvalue weighted by atomic mass is 9.77. The molecule has 1 amide bonds. The van der Waals surface area contributed by atoms with Crippen molar-refractivity contribution in [3.05, 3.63) is 29.3 Å². The van der Waals surface area contributed by atoms with Gasteiger partial charge in [-0.05, 0) is 50.3 Å². The van der Waals surface area contributed by atoms with Gasteiger partial charge in [0, 0.05) is 19.0 Å². The zero-order chi connectivity index (χ0) is 17.3. The lowest BCUT2D eigenvalue weighted by Crippen LogP contribution is -2.44. The van der Waals surface area contributed by atoms with Crippen molar-refractivity contribution < 1.29 is 14.6 Å². The van der Waals surface area contributed by atoms with Gasteiger partial charge in [0.15, 0.2) is 0 Å². The molecule has 3 rings (SSSR count). The largest absolute Gasteiger partial charge is 0.496 e. The van der Waals surface area contributed by atoms with Crippen LogP contribution in [0.3, 0.4) is 0 Å². The molecule has 1 saturated carbocycles. The second-order valence-corrected chi connectivity index (χ2v) is 7.51. The van der Waals surface area contributed by atoms with E-state index in [1.807, 2.05) is 18.7 Å². The minimum atomic E-state index is -0.408. The van der Waals surface area contributed by atoms with Crippen molar-refractivity contribution in [3.63, 3.8) is 0 Å². The quantitative estimate of drug-likeness (QED) is 0.922. The van der Waals surface area contributed by atoms with Gasteiger partial charge in [0.2, 0.25) is 5.91 Å². The summed E-state index contributed by atoms with van der Waals surface area (Å²) < 4.78 is 5.49. The van der Waals surface area contributed by atoms with E-state index in [1.54, 1.807) is 7.11 Å². The standard InChI is InChI=1S/C20H29NO3/c1-14-6-7-17(12-18(14)24-3)20(9-4-5-10-20)19(23)21-11-8-16(13-21)15(2)22/h6-7,12,15-16,22H,4-5,8-11,13H2,1-3H3. The highest BCUT2D eigenvalue weighted by molar-refractivity contribution is 5.89. The number of likely N-dealkylation sites (tertiary alicyclic amines) is 1. The SMILES string of the molecule is COc1cc(C2(C(=O)N3CCC(C(C)O)C3)CCCC2)ccc1C. The number of hydrogen-bond acceptors (Lipinski definition) is 3. The van der Waals surface area contributed by atoms with Gasteiger partial charge in [0.1, 0.15) is 5.75 Å². The van der Waals surface area contributed by atoms with Gasteiger partial charge in [-0.2, -0.15) is 0 Å². The summed E-state index contributed by atoms with van der Waals surface area (Å²) in [4.78, 5) is 15.4. The van der Waals surface area contributed by atoms with Crippen molar-refractivity contribution in [1.82, 2.24) is 4.90 Å². The fourth-order valence-corrected chi connectivity index (χ4v) is 4.39. The topological polar surface area (TPSA) is 49.8 Å². The van der Waals surface area contributed by atoms with Gasteiger partial charge in [-0.1, -0.05) is 25.0 Å². The van der Waals surface area contributed by atoms with Crippen molar-refractivity contribution in [2.45, 2.75) is 57.5 Å². The van der Waals surface area contributed by atoms with E-state index in [0.29, 0.717) is 6.54 Å². The average molecular weight is 331 g/mol. The van der Waals surface area contributed by atoms with Gasteiger partial charge in [-0.25, -0.2) is 0 Å². The van der Waals surface area contributed by atoms with Crippen molar-refractivity contribution >= 4 is 5.91 Å². The fraction of sp³-hybridized carbons (Fsp3) is 0.650. The van der Waals surface area contributed by atoms with E-state index in [4.69, 9.17) is 4.74 Å². The van der Waals surface area contributed by atoms with E-state index in [0.717, 1.165) is 55.5 Å². The predicted octanol–water partition coefficient (Wildman–Crippen LogP) is 3.04. The monoisotopic (exact) mass is 331 g/mol. The molecule has 0 bridgehead atoms. The minimum absolute atomic E-state index is 0.208. The maximum atomic E-state index is 13.4. The van der Waals surface area contributed by atoms with Crippen LogP contribution in [0.25, 0.3) is 0 Å². The number of aliphatic hydroxyl groups excluding tert-OH is 1. The Morgan fingerprint density at radius 2 is 2.08 bits per heavy atom. The number of methoxy groups -OCH3 is 1. The molecule has 0 aromatic heterocycles. The molecule has 4 heteroatoms. The Balaban J connectivity index is 1.90. The molecular weight excluding hydrogens is 302 g/mol. The number of ether oxygens (including phenoxy) is 1. The number of carbonyl (C=O) groups is 1. The highest BCUT2D eigenvalue weighted by Gasteiger charge is 2.46. The van der Waals surface area contributed by atoms with Crippen molar-refractivity contribution in [1.29, 1.82) is 0 Å². The van der Waals surface area contributed by atoms with Crippen LogP contribution in [0.15, 0.2) is 18.2 Å². The molecule has 1 aliphatic carbocycles. The first-order valence-corrected chi connectivity index (χ1v) is 9.10. The molecule has 132 valence electrons. The van der Waals surface area contributed by atoms with Crippen LogP contribution in [-0.4, -0.2) is 42.2 Å². The molecule has 2 aliphatic rings. The summed E-state index contributed by atoms with van der Waals surface area (Å²) in [6, 6.07) is 6.22. The first kappa shape index (κ1) is 17.3. The van der Waals surface area contributed by atoms with Crippen LogP contribution in [0.1, 0.15) is 50.2 Å². The normalized spacial score (nSPS) is 24.2. The molecule has 2 unspecified atom stereocenters. The molecule has 0 radical (unpaired) electrons. The van der Waals surface area contributed by atoms with E-state index >= 15 is 0 Å². The minimum Gasteiger partial charge on any atom is -0.496 e. The van der Waals surface area contributed by atoms with Crippen LogP contribution < -0.4 is 4.74 Å². The van der Waals surface area contributed by atoms with Gasteiger partial charge in [-0.3, -0.25) is 4.79 Å². The third kappa shape index (κ3) is 2.92. The number of rotatable bonds is 4. The average Bonchev–Trinajstić information content (AvgIpc) is 3.25. The summed E-state index contributed by atoms with van der Waals surface area (Å²) in [5, 5.41) is 9.84. The number of nitrogens with zero attached hydrogens (tertiary/aromatic N) is 1. The summed E-state index contributed by atoms with van der Waals surface area (Å²) in [5.41, 5.74) is 1.78. The molecule has 24 heavy (non-hydrogen) atoms. The Labute approximate surface area is 144 Å². The van der Waals surface area contributed by atoms with Crippen LogP contribution in [-0.2, 0) is 10.2 Å². The van der Waals surface area contributed by atoms with Crippen LogP contribution in [0.2, 0.25) is 0 Å². The van der Waals surface area contributed by atoms with E-state index in [9.17, 15) is 9.90 Å². The molecule has 1 aromatic carbocycles. The second kappa shape index (κ2) is 6.75. The second-order valence-electron chi connectivity index (χ2n) is 7.51.